The molecule has 1 fully saturated rings. The Hall–Kier alpha value is -2.05. The predicted octanol–water partition coefficient (Wildman–Crippen LogP) is 1.17. The molecule has 0 bridgehead atoms. The molecule has 0 aliphatic carbocycles. The van der Waals surface area contributed by atoms with Gasteiger partial charge in [0.1, 0.15) is 0 Å². The lowest BCUT2D eigenvalue weighted by Gasteiger charge is -2.36. The van der Waals surface area contributed by atoms with Gasteiger partial charge in [0.15, 0.2) is 0 Å². The molecule has 1 saturated heterocycles. The Morgan fingerprint density at radius 2 is 2.10 bits per heavy atom. The molecule has 0 radical (unpaired) electrons. The average Bonchev–Trinajstić information content (AvgIpc) is 2.97. The number of carboxylic acids is 1. The van der Waals surface area contributed by atoms with Crippen LogP contribution in [-0.2, 0) is 11.3 Å². The average molecular weight is 294 g/mol. The van der Waals surface area contributed by atoms with E-state index in [1.165, 1.54) is 0 Å². The van der Waals surface area contributed by atoms with Crippen molar-refractivity contribution in [2.75, 3.05) is 19.6 Å². The van der Waals surface area contributed by atoms with Gasteiger partial charge in [-0.2, -0.15) is 5.10 Å². The second kappa shape index (κ2) is 6.60. The fraction of sp³-hybridized carbons (Fsp3) is 0.643. The number of carbonyl (C=O) groups is 2. The van der Waals surface area contributed by atoms with Gasteiger partial charge in [-0.3, -0.25) is 9.48 Å². The first-order chi connectivity index (χ1) is 10.0. The number of aliphatic carboxylic acids is 1. The second-order valence-electron chi connectivity index (χ2n) is 5.71. The van der Waals surface area contributed by atoms with Crippen LogP contribution in [0.2, 0.25) is 0 Å². The molecular formula is C14H22N4O3. The molecule has 21 heavy (non-hydrogen) atoms. The molecule has 1 aromatic heterocycles. The molecule has 1 aliphatic rings. The van der Waals surface area contributed by atoms with E-state index in [9.17, 15) is 9.59 Å². The monoisotopic (exact) mass is 294 g/mol. The number of hydrogen-bond acceptors (Lipinski definition) is 3. The van der Waals surface area contributed by atoms with Crippen LogP contribution in [0.25, 0.3) is 0 Å². The number of urea groups is 1. The number of hydrogen-bond donors (Lipinski definition) is 2. The highest BCUT2D eigenvalue weighted by Gasteiger charge is 2.37. The molecule has 116 valence electrons. The summed E-state index contributed by atoms with van der Waals surface area (Å²) in [6, 6.07) is 1.76. The van der Waals surface area contributed by atoms with Crippen molar-refractivity contribution in [3.8, 4) is 0 Å². The van der Waals surface area contributed by atoms with E-state index in [-0.39, 0.29) is 6.03 Å². The largest absolute Gasteiger partial charge is 0.481 e. The molecule has 7 heteroatoms. The van der Waals surface area contributed by atoms with Crippen molar-refractivity contribution in [3.05, 3.63) is 18.5 Å². The van der Waals surface area contributed by atoms with Gasteiger partial charge in [-0.1, -0.05) is 0 Å². The van der Waals surface area contributed by atoms with Crippen molar-refractivity contribution < 1.29 is 14.7 Å². The molecule has 0 aromatic carbocycles. The van der Waals surface area contributed by atoms with E-state index < -0.39 is 11.4 Å². The van der Waals surface area contributed by atoms with Crippen LogP contribution >= 0.6 is 0 Å². The van der Waals surface area contributed by atoms with E-state index in [1.54, 1.807) is 18.0 Å². The molecule has 2 amide bonds. The number of rotatable bonds is 5. The third kappa shape index (κ3) is 3.96. The summed E-state index contributed by atoms with van der Waals surface area (Å²) in [5.74, 6) is -0.776. The number of aromatic nitrogens is 2. The summed E-state index contributed by atoms with van der Waals surface area (Å²) < 4.78 is 1.82. The fourth-order valence-electron chi connectivity index (χ4n) is 2.40. The van der Waals surface area contributed by atoms with Gasteiger partial charge in [0.25, 0.3) is 0 Å². The molecule has 1 aliphatic heterocycles. The first-order valence-electron chi connectivity index (χ1n) is 7.25. The van der Waals surface area contributed by atoms with Gasteiger partial charge in [0.05, 0.1) is 5.41 Å². The molecular weight excluding hydrogens is 272 g/mol. The Balaban J connectivity index is 1.67. The molecule has 1 aromatic rings. The lowest BCUT2D eigenvalue weighted by Crippen LogP contribution is -2.48. The Labute approximate surface area is 123 Å². The van der Waals surface area contributed by atoms with Gasteiger partial charge in [0, 0.05) is 38.6 Å². The summed E-state index contributed by atoms with van der Waals surface area (Å²) in [6.45, 7) is 4.09. The van der Waals surface area contributed by atoms with Crippen molar-refractivity contribution in [2.45, 2.75) is 32.7 Å². The number of aryl methyl sites for hydroxylation is 1. The van der Waals surface area contributed by atoms with Crippen LogP contribution in [0.3, 0.4) is 0 Å². The summed E-state index contributed by atoms with van der Waals surface area (Å²) in [5, 5.41) is 16.1. The minimum Gasteiger partial charge on any atom is -0.481 e. The van der Waals surface area contributed by atoms with Crippen molar-refractivity contribution in [1.29, 1.82) is 0 Å². The van der Waals surface area contributed by atoms with Gasteiger partial charge in [-0.15, -0.1) is 0 Å². The van der Waals surface area contributed by atoms with Crippen LogP contribution < -0.4 is 5.32 Å². The maximum atomic E-state index is 12.0. The molecule has 0 saturated carbocycles. The lowest BCUT2D eigenvalue weighted by atomic mass is 9.80. The van der Waals surface area contributed by atoms with Gasteiger partial charge < -0.3 is 15.3 Å². The highest BCUT2D eigenvalue weighted by Crippen LogP contribution is 2.30. The zero-order chi connectivity index (χ0) is 15.3. The van der Waals surface area contributed by atoms with Crippen LogP contribution in [-0.4, -0.2) is 51.4 Å². The van der Waals surface area contributed by atoms with E-state index in [2.05, 4.69) is 10.4 Å². The molecule has 0 spiro atoms. The SMILES string of the molecule is CC1(C(=O)O)CCN(C(=O)NCCCn2cccn2)CC1. The van der Waals surface area contributed by atoms with E-state index >= 15 is 0 Å². The molecule has 7 nitrogen and oxygen atoms in total. The lowest BCUT2D eigenvalue weighted by molar-refractivity contribution is -0.150. The number of piperidine rings is 1. The van der Waals surface area contributed by atoms with E-state index in [0.717, 1.165) is 13.0 Å². The third-order valence-electron chi connectivity index (χ3n) is 4.07. The normalized spacial score (nSPS) is 17.5. The summed E-state index contributed by atoms with van der Waals surface area (Å²) in [5.41, 5.74) is -0.698. The molecule has 0 atom stereocenters. The van der Waals surface area contributed by atoms with Crippen LogP contribution in [0.5, 0.6) is 0 Å². The number of likely N-dealkylation sites (tertiary alicyclic amines) is 1. The first-order valence-corrected chi connectivity index (χ1v) is 7.25. The van der Waals surface area contributed by atoms with Gasteiger partial charge in [0.2, 0.25) is 0 Å². The van der Waals surface area contributed by atoms with Crippen molar-refractivity contribution in [1.82, 2.24) is 20.0 Å². The van der Waals surface area contributed by atoms with Crippen LogP contribution in [0.4, 0.5) is 4.79 Å². The molecule has 2 N–H and O–H groups in total. The predicted molar refractivity (Wildman–Crippen MR) is 76.8 cm³/mol. The van der Waals surface area contributed by atoms with Crippen LogP contribution in [0.15, 0.2) is 18.5 Å². The minimum absolute atomic E-state index is 0.108. The van der Waals surface area contributed by atoms with Crippen molar-refractivity contribution in [2.24, 2.45) is 5.41 Å². The van der Waals surface area contributed by atoms with Crippen molar-refractivity contribution >= 4 is 12.0 Å². The smallest absolute Gasteiger partial charge is 0.317 e. The summed E-state index contributed by atoms with van der Waals surface area (Å²) in [7, 11) is 0. The summed E-state index contributed by atoms with van der Waals surface area (Å²) >= 11 is 0. The van der Waals surface area contributed by atoms with E-state index in [4.69, 9.17) is 5.11 Å². The maximum absolute atomic E-state index is 12.0. The third-order valence-corrected chi connectivity index (χ3v) is 4.07. The number of carbonyl (C=O) groups excluding carboxylic acids is 1. The number of carboxylic acid groups (broad SMARTS) is 1. The van der Waals surface area contributed by atoms with E-state index in [0.29, 0.717) is 32.5 Å². The zero-order valence-corrected chi connectivity index (χ0v) is 12.3. The molecule has 0 unspecified atom stereocenters. The highest BCUT2D eigenvalue weighted by atomic mass is 16.4. The Bertz CT molecular complexity index is 478. The number of amides is 2. The Morgan fingerprint density at radius 3 is 2.67 bits per heavy atom. The quantitative estimate of drug-likeness (QED) is 0.798. The minimum atomic E-state index is -0.776. The summed E-state index contributed by atoms with van der Waals surface area (Å²) in [4.78, 5) is 24.8. The Morgan fingerprint density at radius 1 is 1.38 bits per heavy atom. The zero-order valence-electron chi connectivity index (χ0n) is 12.3. The van der Waals surface area contributed by atoms with E-state index in [1.807, 2.05) is 16.9 Å². The fourth-order valence-corrected chi connectivity index (χ4v) is 2.40. The maximum Gasteiger partial charge on any atom is 0.317 e. The molecule has 2 rings (SSSR count). The van der Waals surface area contributed by atoms with Crippen LogP contribution in [0.1, 0.15) is 26.2 Å². The van der Waals surface area contributed by atoms with Gasteiger partial charge in [-0.05, 0) is 32.3 Å². The first kappa shape index (κ1) is 15.3. The summed E-state index contributed by atoms with van der Waals surface area (Å²) in [6.07, 6.45) is 5.44. The standard InChI is InChI=1S/C14H22N4O3/c1-14(12(19)20)4-10-17(11-5-14)13(21)15-6-2-8-18-9-3-7-16-18/h3,7,9H,2,4-6,8,10-11H2,1H3,(H,15,21)(H,19,20). The van der Waals surface area contributed by atoms with Gasteiger partial charge in [-0.25, -0.2) is 4.79 Å². The number of nitrogens with one attached hydrogen (secondary N) is 1. The number of nitrogens with zero attached hydrogens (tertiary/aromatic N) is 3. The highest BCUT2D eigenvalue weighted by molar-refractivity contribution is 5.76. The topological polar surface area (TPSA) is 87.5 Å². The van der Waals surface area contributed by atoms with Crippen molar-refractivity contribution in [3.63, 3.8) is 0 Å². The second-order valence-corrected chi connectivity index (χ2v) is 5.71. The Kier molecular flexibility index (Phi) is 4.82. The van der Waals surface area contributed by atoms with Crippen LogP contribution in [0, 0.1) is 5.41 Å². The molecule has 2 heterocycles. The van der Waals surface area contributed by atoms with Gasteiger partial charge >= 0.3 is 12.0 Å².